The van der Waals surface area contributed by atoms with Crippen LogP contribution in [0.3, 0.4) is 0 Å². The van der Waals surface area contributed by atoms with Gasteiger partial charge in [-0.25, -0.2) is 4.39 Å². The van der Waals surface area contributed by atoms with Crippen LogP contribution in [-0.4, -0.2) is 48.7 Å². The quantitative estimate of drug-likeness (QED) is 0.673. The molecule has 0 radical (unpaired) electrons. The van der Waals surface area contributed by atoms with Crippen LogP contribution in [0.4, 0.5) is 4.39 Å². The van der Waals surface area contributed by atoms with Crippen molar-refractivity contribution in [3.8, 4) is 11.5 Å². The highest BCUT2D eigenvalue weighted by molar-refractivity contribution is 5.95. The lowest BCUT2D eigenvalue weighted by Gasteiger charge is -2.38. The Bertz CT molecular complexity index is 906. The highest BCUT2D eigenvalue weighted by atomic mass is 35.5. The number of amides is 1. The second-order valence-corrected chi connectivity index (χ2v) is 8.18. The molecular formula is C23H30Cl2FN3O3. The van der Waals surface area contributed by atoms with E-state index in [0.29, 0.717) is 37.7 Å². The number of halogens is 3. The zero-order valence-corrected chi connectivity index (χ0v) is 19.4. The van der Waals surface area contributed by atoms with Crippen LogP contribution in [0.15, 0.2) is 42.5 Å². The molecule has 176 valence electrons. The van der Waals surface area contributed by atoms with Gasteiger partial charge in [-0.05, 0) is 68.1 Å². The molecule has 1 atom stereocenters. The number of likely N-dealkylation sites (tertiary alicyclic amines) is 1. The number of piperidine rings is 1. The summed E-state index contributed by atoms with van der Waals surface area (Å²) in [6.45, 7) is 2.20. The summed E-state index contributed by atoms with van der Waals surface area (Å²) >= 11 is 0. The van der Waals surface area contributed by atoms with Gasteiger partial charge in [0.1, 0.15) is 17.3 Å². The second kappa shape index (κ2) is 11.3. The molecule has 0 saturated carbocycles. The minimum absolute atomic E-state index is 0. The van der Waals surface area contributed by atoms with Crippen molar-refractivity contribution in [3.63, 3.8) is 0 Å². The molecule has 2 aliphatic rings. The van der Waals surface area contributed by atoms with E-state index in [2.05, 4.69) is 0 Å². The molecule has 2 saturated heterocycles. The van der Waals surface area contributed by atoms with Crippen LogP contribution in [0.25, 0.3) is 0 Å². The van der Waals surface area contributed by atoms with Crippen LogP contribution < -0.4 is 16.2 Å². The van der Waals surface area contributed by atoms with E-state index >= 15 is 0 Å². The van der Waals surface area contributed by atoms with Crippen molar-refractivity contribution in [3.05, 3.63) is 59.4 Å². The predicted octanol–water partition coefficient (Wildman–Crippen LogP) is 3.69. The molecule has 0 aromatic heterocycles. The zero-order chi connectivity index (χ0) is 21.1. The smallest absolute Gasteiger partial charge is 0.256 e. The number of benzene rings is 2. The molecule has 4 N–H and O–H groups in total. The Kier molecular flexibility index (Phi) is 9.30. The Morgan fingerprint density at radius 1 is 1.12 bits per heavy atom. The Hall–Kier alpha value is -1.90. The summed E-state index contributed by atoms with van der Waals surface area (Å²) in [7, 11) is 0. The number of ether oxygens (including phenoxy) is 2. The molecule has 6 nitrogen and oxygen atoms in total. The van der Waals surface area contributed by atoms with Gasteiger partial charge in [-0.3, -0.25) is 4.79 Å². The molecule has 2 aliphatic heterocycles. The SMILES string of the molecule is Cl.Cl.NCCc1ccc(Oc2ccc(F)c(C(=O)N3CCC4(CC3)CC(N)CO4)c2)cc1. The summed E-state index contributed by atoms with van der Waals surface area (Å²) in [5, 5.41) is 0. The third-order valence-corrected chi connectivity index (χ3v) is 5.96. The number of carbonyl (C=O) groups is 1. The minimum Gasteiger partial charge on any atom is -0.457 e. The Labute approximate surface area is 200 Å². The summed E-state index contributed by atoms with van der Waals surface area (Å²) < 4.78 is 26.2. The lowest BCUT2D eigenvalue weighted by atomic mass is 9.87. The van der Waals surface area contributed by atoms with Crippen LogP contribution in [0.5, 0.6) is 11.5 Å². The first-order valence-electron chi connectivity index (χ1n) is 10.4. The van der Waals surface area contributed by atoms with Crippen LogP contribution >= 0.6 is 24.8 Å². The lowest BCUT2D eigenvalue weighted by Crippen LogP contribution is -2.47. The van der Waals surface area contributed by atoms with Crippen LogP contribution in [0, 0.1) is 5.82 Å². The van der Waals surface area contributed by atoms with Crippen LogP contribution in [0.2, 0.25) is 0 Å². The van der Waals surface area contributed by atoms with E-state index in [9.17, 15) is 9.18 Å². The van der Waals surface area contributed by atoms with Crippen molar-refractivity contribution >= 4 is 30.7 Å². The summed E-state index contributed by atoms with van der Waals surface area (Å²) in [6.07, 6.45) is 3.05. The number of rotatable bonds is 5. The number of carbonyl (C=O) groups excluding carboxylic acids is 1. The molecule has 0 aliphatic carbocycles. The number of hydrogen-bond acceptors (Lipinski definition) is 5. The summed E-state index contributed by atoms with van der Waals surface area (Å²) in [4.78, 5) is 14.6. The van der Waals surface area contributed by atoms with Crippen molar-refractivity contribution < 1.29 is 18.7 Å². The van der Waals surface area contributed by atoms with Crippen molar-refractivity contribution in [1.82, 2.24) is 4.90 Å². The second-order valence-electron chi connectivity index (χ2n) is 8.18. The van der Waals surface area contributed by atoms with Crippen molar-refractivity contribution in [2.75, 3.05) is 26.2 Å². The molecule has 2 fully saturated rings. The highest BCUT2D eigenvalue weighted by Crippen LogP contribution is 2.36. The first-order valence-corrected chi connectivity index (χ1v) is 10.4. The molecule has 1 unspecified atom stereocenters. The zero-order valence-electron chi connectivity index (χ0n) is 17.8. The fraction of sp³-hybridized carbons (Fsp3) is 0.435. The maximum atomic E-state index is 14.4. The fourth-order valence-electron chi connectivity index (χ4n) is 4.27. The van der Waals surface area contributed by atoms with Gasteiger partial charge in [-0.15, -0.1) is 24.8 Å². The standard InChI is InChI=1S/C23H28FN3O3.2ClH/c24-21-6-5-19(30-18-3-1-16(2-4-18)7-10-25)13-20(21)22(28)27-11-8-23(9-12-27)14-17(26)15-29-23;;/h1-6,13,17H,7-12,14-15,25-26H2;2*1H. The average molecular weight is 486 g/mol. The van der Waals surface area contributed by atoms with Gasteiger partial charge in [0.15, 0.2) is 0 Å². The van der Waals surface area contributed by atoms with E-state index in [4.69, 9.17) is 20.9 Å². The normalized spacial score (nSPS) is 19.2. The van der Waals surface area contributed by atoms with Crippen molar-refractivity contribution in [2.45, 2.75) is 37.3 Å². The molecule has 1 spiro atoms. The fourth-order valence-corrected chi connectivity index (χ4v) is 4.27. The number of nitrogens with zero attached hydrogens (tertiary/aromatic N) is 1. The van der Waals surface area contributed by atoms with E-state index in [1.807, 2.05) is 24.3 Å². The van der Waals surface area contributed by atoms with Gasteiger partial charge in [0.05, 0.1) is 17.8 Å². The maximum Gasteiger partial charge on any atom is 0.256 e. The van der Waals surface area contributed by atoms with E-state index in [1.54, 1.807) is 4.90 Å². The Morgan fingerprint density at radius 2 is 1.78 bits per heavy atom. The van der Waals surface area contributed by atoms with Crippen molar-refractivity contribution in [2.24, 2.45) is 11.5 Å². The van der Waals surface area contributed by atoms with E-state index in [1.165, 1.54) is 18.2 Å². The molecule has 32 heavy (non-hydrogen) atoms. The molecule has 2 aromatic rings. The molecule has 2 aromatic carbocycles. The molecule has 4 rings (SSSR count). The van der Waals surface area contributed by atoms with E-state index in [0.717, 1.165) is 31.2 Å². The highest BCUT2D eigenvalue weighted by Gasteiger charge is 2.42. The first-order chi connectivity index (χ1) is 14.5. The van der Waals surface area contributed by atoms with Crippen LogP contribution in [-0.2, 0) is 11.2 Å². The molecular weight excluding hydrogens is 456 g/mol. The summed E-state index contributed by atoms with van der Waals surface area (Å²) in [5.41, 5.74) is 12.5. The average Bonchev–Trinajstić information content (AvgIpc) is 3.11. The minimum atomic E-state index is -0.551. The maximum absolute atomic E-state index is 14.4. The summed E-state index contributed by atoms with van der Waals surface area (Å²) in [5.74, 6) is 0.166. The van der Waals surface area contributed by atoms with Gasteiger partial charge in [0.25, 0.3) is 5.91 Å². The Balaban J connectivity index is 0.00000181. The van der Waals surface area contributed by atoms with Gasteiger partial charge in [0.2, 0.25) is 0 Å². The van der Waals surface area contributed by atoms with Gasteiger partial charge in [-0.2, -0.15) is 0 Å². The first kappa shape index (κ1) is 26.4. The van der Waals surface area contributed by atoms with Gasteiger partial charge in [0, 0.05) is 19.1 Å². The van der Waals surface area contributed by atoms with E-state index in [-0.39, 0.29) is 47.9 Å². The number of hydrogen-bond donors (Lipinski definition) is 2. The Morgan fingerprint density at radius 3 is 2.38 bits per heavy atom. The van der Waals surface area contributed by atoms with E-state index < -0.39 is 5.82 Å². The van der Waals surface area contributed by atoms with Gasteiger partial charge in [-0.1, -0.05) is 12.1 Å². The predicted molar refractivity (Wildman–Crippen MR) is 127 cm³/mol. The third-order valence-electron chi connectivity index (χ3n) is 5.96. The monoisotopic (exact) mass is 485 g/mol. The summed E-state index contributed by atoms with van der Waals surface area (Å²) in [6, 6.07) is 11.9. The van der Waals surface area contributed by atoms with Gasteiger partial charge < -0.3 is 25.8 Å². The van der Waals surface area contributed by atoms with Crippen molar-refractivity contribution in [1.29, 1.82) is 0 Å². The van der Waals surface area contributed by atoms with Crippen LogP contribution in [0.1, 0.15) is 35.2 Å². The topological polar surface area (TPSA) is 90.8 Å². The van der Waals surface area contributed by atoms with Gasteiger partial charge >= 0.3 is 0 Å². The molecule has 0 bridgehead atoms. The largest absolute Gasteiger partial charge is 0.457 e. The molecule has 9 heteroatoms. The third kappa shape index (κ3) is 5.91. The number of nitrogens with two attached hydrogens (primary N) is 2. The lowest BCUT2D eigenvalue weighted by molar-refractivity contribution is -0.0389. The molecule has 2 heterocycles. The molecule has 1 amide bonds.